The molecule has 0 aliphatic carbocycles. The lowest BCUT2D eigenvalue weighted by molar-refractivity contribution is 0.0697. The molecule has 0 fully saturated rings. The van der Waals surface area contributed by atoms with Crippen LogP contribution in [-0.2, 0) is 11.3 Å². The number of rotatable bonds is 4. The maximum atomic E-state index is 11.3. The summed E-state index contributed by atoms with van der Waals surface area (Å²) in [6.07, 6.45) is 2.90. The molecule has 6 nitrogen and oxygen atoms in total. The van der Waals surface area contributed by atoms with Gasteiger partial charge in [0.1, 0.15) is 0 Å². The number of nitrogens with zero attached hydrogens (tertiary/aromatic N) is 2. The molecule has 1 unspecified atom stereocenters. The maximum Gasteiger partial charge on any atom is 0.335 e. The van der Waals surface area contributed by atoms with Gasteiger partial charge in [-0.1, -0.05) is 6.07 Å². The Morgan fingerprint density at radius 2 is 2.00 bits per heavy atom. The van der Waals surface area contributed by atoms with E-state index >= 15 is 0 Å². The van der Waals surface area contributed by atoms with Gasteiger partial charge in [0.25, 0.3) is 0 Å². The summed E-state index contributed by atoms with van der Waals surface area (Å²) >= 11 is -2.58. The van der Waals surface area contributed by atoms with Crippen LogP contribution in [0.2, 0.25) is 0 Å². The molecule has 19 heavy (non-hydrogen) atoms. The molecule has 7 heteroatoms. The van der Waals surface area contributed by atoms with E-state index in [2.05, 4.69) is 4.98 Å². The highest BCUT2D eigenvalue weighted by Gasteiger charge is 2.12. The summed E-state index contributed by atoms with van der Waals surface area (Å²) in [7, 11) is 0. The van der Waals surface area contributed by atoms with E-state index < -0.39 is 17.2 Å². The second-order valence-corrected chi connectivity index (χ2v) is 4.38. The second kappa shape index (κ2) is 5.59. The van der Waals surface area contributed by atoms with E-state index in [1.807, 2.05) is 0 Å². The number of benzene rings is 1. The first kappa shape index (κ1) is 13.2. The van der Waals surface area contributed by atoms with Gasteiger partial charge < -0.3 is 9.66 Å². The molecular formula is C12H9N2O4S-. The molecule has 1 heterocycles. The van der Waals surface area contributed by atoms with E-state index in [0.717, 1.165) is 4.31 Å². The highest BCUT2D eigenvalue weighted by Crippen LogP contribution is 2.26. The van der Waals surface area contributed by atoms with E-state index in [1.54, 1.807) is 12.1 Å². The smallest absolute Gasteiger partial charge is 0.335 e. The van der Waals surface area contributed by atoms with Crippen LogP contribution in [0.25, 0.3) is 0 Å². The van der Waals surface area contributed by atoms with Gasteiger partial charge in [0.15, 0.2) is 0 Å². The predicted octanol–water partition coefficient (Wildman–Crippen LogP) is 1.71. The molecule has 1 aromatic heterocycles. The first-order valence-electron chi connectivity index (χ1n) is 5.22. The standard InChI is InChI=1S/C12H10N2O4S/c15-12(16)9-3-1-4-10(7-9)14(19(17)18)11-5-2-6-13-8-11/h1-8H,(H,15,16)(H,17,18)/p-1. The third-order valence-electron chi connectivity index (χ3n) is 2.36. The minimum Gasteiger partial charge on any atom is -0.755 e. The summed E-state index contributed by atoms with van der Waals surface area (Å²) in [5, 5.41) is 8.92. The van der Waals surface area contributed by atoms with Gasteiger partial charge in [-0.15, -0.1) is 0 Å². The van der Waals surface area contributed by atoms with Gasteiger partial charge in [0.05, 0.1) is 34.4 Å². The summed E-state index contributed by atoms with van der Waals surface area (Å²) in [5.41, 5.74) is 0.580. The quantitative estimate of drug-likeness (QED) is 0.859. The van der Waals surface area contributed by atoms with Gasteiger partial charge in [0.2, 0.25) is 0 Å². The van der Waals surface area contributed by atoms with Gasteiger partial charge in [0, 0.05) is 6.20 Å². The van der Waals surface area contributed by atoms with E-state index in [-0.39, 0.29) is 11.3 Å². The van der Waals surface area contributed by atoms with E-state index in [9.17, 15) is 13.6 Å². The van der Waals surface area contributed by atoms with Gasteiger partial charge in [-0.2, -0.15) is 0 Å². The second-order valence-electron chi connectivity index (χ2n) is 3.58. The first-order valence-corrected chi connectivity index (χ1v) is 6.25. The number of aromatic carboxylic acids is 1. The normalized spacial score (nSPS) is 11.8. The van der Waals surface area contributed by atoms with E-state index in [0.29, 0.717) is 5.69 Å². The summed E-state index contributed by atoms with van der Waals surface area (Å²) in [5.74, 6) is -1.12. The van der Waals surface area contributed by atoms with Crippen molar-refractivity contribution in [3.05, 3.63) is 54.4 Å². The third kappa shape index (κ3) is 2.95. The molecule has 0 spiro atoms. The molecule has 98 valence electrons. The summed E-state index contributed by atoms with van der Waals surface area (Å²) in [4.78, 5) is 14.7. The molecular weight excluding hydrogens is 268 g/mol. The Labute approximate surface area is 111 Å². The third-order valence-corrected chi connectivity index (χ3v) is 3.08. The molecule has 0 aliphatic heterocycles. The minimum absolute atomic E-state index is 0.0110. The van der Waals surface area contributed by atoms with Gasteiger partial charge in [-0.25, -0.2) is 4.79 Å². The van der Waals surface area contributed by atoms with Crippen molar-refractivity contribution in [2.45, 2.75) is 0 Å². The first-order chi connectivity index (χ1) is 9.09. The van der Waals surface area contributed by atoms with Crippen molar-refractivity contribution in [2.24, 2.45) is 0 Å². The van der Waals surface area contributed by atoms with Crippen molar-refractivity contribution in [2.75, 3.05) is 4.31 Å². The molecule has 0 aliphatic rings. The van der Waals surface area contributed by atoms with Crippen LogP contribution in [0.4, 0.5) is 11.4 Å². The van der Waals surface area contributed by atoms with Crippen molar-refractivity contribution in [1.82, 2.24) is 4.98 Å². The molecule has 1 atom stereocenters. The molecule has 1 N–H and O–H groups in total. The van der Waals surface area contributed by atoms with Crippen LogP contribution >= 0.6 is 0 Å². The SMILES string of the molecule is O=C(O)c1cccc(N(c2cccnc2)S(=O)[O-])c1. The van der Waals surface area contributed by atoms with E-state index in [1.165, 1.54) is 36.7 Å². The largest absolute Gasteiger partial charge is 0.755 e. The fourth-order valence-electron chi connectivity index (χ4n) is 1.56. The highest BCUT2D eigenvalue weighted by molar-refractivity contribution is 7.81. The monoisotopic (exact) mass is 277 g/mol. The Morgan fingerprint density at radius 1 is 1.26 bits per heavy atom. The maximum absolute atomic E-state index is 11.3. The Morgan fingerprint density at radius 3 is 2.58 bits per heavy atom. The number of anilines is 2. The van der Waals surface area contributed by atoms with Gasteiger partial charge in [-0.05, 0) is 30.3 Å². The number of aromatic nitrogens is 1. The number of pyridine rings is 1. The Hall–Kier alpha value is -2.25. The number of carboxylic acids is 1. The summed E-state index contributed by atoms with van der Waals surface area (Å²) in [6, 6.07) is 8.82. The number of hydrogen-bond donors (Lipinski definition) is 1. The topological polar surface area (TPSA) is 93.6 Å². The van der Waals surface area contributed by atoms with Gasteiger partial charge >= 0.3 is 5.97 Å². The minimum atomic E-state index is -2.58. The lowest BCUT2D eigenvalue weighted by Gasteiger charge is -2.26. The van der Waals surface area contributed by atoms with Crippen LogP contribution in [0.1, 0.15) is 10.4 Å². The molecule has 2 rings (SSSR count). The van der Waals surface area contributed by atoms with E-state index in [4.69, 9.17) is 5.11 Å². The Kier molecular flexibility index (Phi) is 3.88. The fourth-order valence-corrected chi connectivity index (χ4v) is 2.13. The van der Waals surface area contributed by atoms with Crippen LogP contribution in [0.15, 0.2) is 48.8 Å². The zero-order valence-electron chi connectivity index (χ0n) is 9.59. The molecule has 2 aromatic rings. The molecule has 0 saturated carbocycles. The Balaban J connectivity index is 2.49. The number of hydrogen-bond acceptors (Lipinski definition) is 4. The van der Waals surface area contributed by atoms with Crippen LogP contribution in [0.3, 0.4) is 0 Å². The lowest BCUT2D eigenvalue weighted by Crippen LogP contribution is -2.19. The number of carbonyl (C=O) groups is 1. The van der Waals surface area contributed by atoms with Crippen LogP contribution in [-0.4, -0.2) is 24.8 Å². The zero-order chi connectivity index (χ0) is 13.8. The highest BCUT2D eigenvalue weighted by atomic mass is 32.2. The average molecular weight is 277 g/mol. The van der Waals surface area contributed by atoms with Crippen LogP contribution in [0.5, 0.6) is 0 Å². The molecule has 0 bridgehead atoms. The molecule has 1 aromatic carbocycles. The molecule has 0 radical (unpaired) electrons. The van der Waals surface area contributed by atoms with Crippen LogP contribution < -0.4 is 4.31 Å². The van der Waals surface area contributed by atoms with Crippen molar-refractivity contribution in [3.8, 4) is 0 Å². The van der Waals surface area contributed by atoms with Crippen molar-refractivity contribution in [1.29, 1.82) is 0 Å². The van der Waals surface area contributed by atoms with Crippen molar-refractivity contribution >= 4 is 28.6 Å². The molecule has 0 amide bonds. The zero-order valence-corrected chi connectivity index (χ0v) is 10.4. The number of carboxylic acid groups (broad SMARTS) is 1. The Bertz CT molecular complexity index is 618. The fraction of sp³-hybridized carbons (Fsp3) is 0. The summed E-state index contributed by atoms with van der Waals surface area (Å²) in [6.45, 7) is 0. The van der Waals surface area contributed by atoms with Crippen molar-refractivity contribution in [3.63, 3.8) is 0 Å². The van der Waals surface area contributed by atoms with Gasteiger partial charge in [-0.3, -0.25) is 13.5 Å². The molecule has 0 saturated heterocycles. The lowest BCUT2D eigenvalue weighted by atomic mass is 10.2. The van der Waals surface area contributed by atoms with Crippen LogP contribution in [0, 0.1) is 0 Å². The van der Waals surface area contributed by atoms with Crippen molar-refractivity contribution < 1.29 is 18.7 Å². The summed E-state index contributed by atoms with van der Waals surface area (Å²) < 4.78 is 23.6. The average Bonchev–Trinajstić information content (AvgIpc) is 2.40. The predicted molar refractivity (Wildman–Crippen MR) is 68.7 cm³/mol.